The van der Waals surface area contributed by atoms with Gasteiger partial charge in [0, 0.05) is 0 Å². The van der Waals surface area contributed by atoms with Gasteiger partial charge in [0.2, 0.25) is 0 Å². The van der Waals surface area contributed by atoms with Gasteiger partial charge in [0.15, 0.2) is 6.29 Å². The molecule has 4 nitrogen and oxygen atoms in total. The van der Waals surface area contributed by atoms with Crippen molar-refractivity contribution >= 4 is 0 Å². The van der Waals surface area contributed by atoms with Crippen molar-refractivity contribution in [3.8, 4) is 0 Å². The summed E-state index contributed by atoms with van der Waals surface area (Å²) in [6, 6.07) is 37.7. The third kappa shape index (κ3) is 5.46. The predicted molar refractivity (Wildman–Crippen MR) is 133 cm³/mol. The monoisotopic (exact) mass is 538 g/mol. The number of benzene rings is 4. The number of halogens is 2. The van der Waals surface area contributed by atoms with E-state index in [-0.39, 0.29) is 0 Å². The number of hydrogen-bond acceptors (Lipinski definition) is 4. The SMILES string of the molecule is CC1O[C@@H](C(O)(c2ccccc2)c2ccccc2)[C@H](C(O)(c2ccccc2)c2ccccc2)O1.[F][Ti][F]. The molecule has 0 bridgehead atoms. The quantitative estimate of drug-likeness (QED) is 0.304. The fraction of sp³-hybridized carbons (Fsp3) is 0.200. The summed E-state index contributed by atoms with van der Waals surface area (Å²) in [6.07, 6.45) is -2.44. The summed E-state index contributed by atoms with van der Waals surface area (Å²) in [6.45, 7) is 1.79. The van der Waals surface area contributed by atoms with Crippen molar-refractivity contribution in [1.29, 1.82) is 0 Å². The van der Waals surface area contributed by atoms with E-state index in [1.54, 1.807) is 6.92 Å². The zero-order valence-corrected chi connectivity index (χ0v) is 21.8. The van der Waals surface area contributed by atoms with Crippen LogP contribution in [0.25, 0.3) is 0 Å². The van der Waals surface area contributed by atoms with Crippen molar-refractivity contribution in [3.05, 3.63) is 144 Å². The summed E-state index contributed by atoms with van der Waals surface area (Å²) in [5.41, 5.74) is -0.491. The molecule has 1 fully saturated rings. The van der Waals surface area contributed by atoms with Crippen molar-refractivity contribution in [1.82, 2.24) is 0 Å². The average molecular weight is 538 g/mol. The Kier molecular flexibility index (Phi) is 9.03. The molecule has 4 aromatic carbocycles. The van der Waals surface area contributed by atoms with E-state index in [1.165, 1.54) is 0 Å². The van der Waals surface area contributed by atoms with E-state index in [2.05, 4.69) is 0 Å². The van der Waals surface area contributed by atoms with Crippen molar-refractivity contribution in [2.24, 2.45) is 0 Å². The molecule has 0 radical (unpaired) electrons. The summed E-state index contributed by atoms with van der Waals surface area (Å²) in [4.78, 5) is 0. The Hall–Kier alpha value is -2.71. The number of aliphatic hydroxyl groups is 2. The van der Waals surface area contributed by atoms with E-state index < -0.39 is 49.9 Å². The van der Waals surface area contributed by atoms with Crippen LogP contribution in [0, 0.1) is 0 Å². The number of hydrogen-bond donors (Lipinski definition) is 2. The van der Waals surface area contributed by atoms with Crippen LogP contribution in [0.2, 0.25) is 0 Å². The molecule has 0 spiro atoms. The molecule has 0 unspecified atom stereocenters. The second-order valence-electron chi connectivity index (χ2n) is 8.75. The summed E-state index contributed by atoms with van der Waals surface area (Å²) < 4.78 is 32.1. The van der Waals surface area contributed by atoms with Crippen molar-refractivity contribution in [2.75, 3.05) is 0 Å². The molecular formula is C30H28F2O4Ti. The summed E-state index contributed by atoms with van der Waals surface area (Å²) in [7, 11) is 0. The van der Waals surface area contributed by atoms with Gasteiger partial charge in [-0.15, -0.1) is 0 Å². The van der Waals surface area contributed by atoms with Crippen LogP contribution in [0.4, 0.5) is 6.18 Å². The van der Waals surface area contributed by atoms with Gasteiger partial charge in [0.25, 0.3) is 0 Å². The molecule has 0 aliphatic carbocycles. The van der Waals surface area contributed by atoms with Crippen LogP contribution < -0.4 is 0 Å². The van der Waals surface area contributed by atoms with Crippen LogP contribution in [0.15, 0.2) is 121 Å². The van der Waals surface area contributed by atoms with Crippen LogP contribution in [0.5, 0.6) is 0 Å². The first kappa shape index (κ1) is 27.3. The second kappa shape index (κ2) is 12.2. The molecular weight excluding hydrogens is 510 g/mol. The van der Waals surface area contributed by atoms with Crippen LogP contribution >= 0.6 is 0 Å². The Labute approximate surface area is 225 Å². The molecule has 2 atom stereocenters. The molecule has 0 amide bonds. The first-order chi connectivity index (χ1) is 18.0. The predicted octanol–water partition coefficient (Wildman–Crippen LogP) is 5.83. The van der Waals surface area contributed by atoms with Gasteiger partial charge in [-0.3, -0.25) is 0 Å². The molecule has 1 aliphatic heterocycles. The Morgan fingerprint density at radius 3 is 0.973 bits per heavy atom. The van der Waals surface area contributed by atoms with Gasteiger partial charge in [-0.05, 0) is 29.2 Å². The van der Waals surface area contributed by atoms with Gasteiger partial charge in [-0.2, -0.15) is 0 Å². The Bertz CT molecular complexity index is 1050. The number of ether oxygens (including phenoxy) is 2. The Morgan fingerprint density at radius 2 is 0.757 bits per heavy atom. The van der Waals surface area contributed by atoms with E-state index in [0.717, 1.165) is 0 Å². The molecule has 1 saturated heterocycles. The van der Waals surface area contributed by atoms with E-state index >= 15 is 0 Å². The van der Waals surface area contributed by atoms with Crippen LogP contribution in [0.1, 0.15) is 29.2 Å². The summed E-state index contributed by atoms with van der Waals surface area (Å²) in [5.74, 6) is 0. The zero-order valence-electron chi connectivity index (χ0n) is 20.2. The third-order valence-corrected chi connectivity index (χ3v) is 6.63. The normalized spacial score (nSPS) is 18.1. The fourth-order valence-corrected chi connectivity index (χ4v) is 4.98. The van der Waals surface area contributed by atoms with Crippen LogP contribution in [-0.2, 0) is 40.9 Å². The maximum atomic E-state index is 12.5. The molecule has 190 valence electrons. The van der Waals surface area contributed by atoms with Crippen molar-refractivity contribution in [2.45, 2.75) is 36.6 Å². The van der Waals surface area contributed by atoms with Gasteiger partial charge in [0.1, 0.15) is 23.4 Å². The zero-order chi connectivity index (χ0) is 26.3. The standard InChI is InChI=1S/C30H28O4.2FH.Ti/c1-22-33-27(29(31,23-14-6-2-7-15-23)24-16-8-3-9-17-24)28(34-22)30(32,25-18-10-4-11-19-25)26-20-12-5-13-21-26;;;/h2-22,27-28,31-32H,1H3;2*1H;/q;;;+2/p-2/t27-,28-;;;/m1.../s1. The molecule has 7 heteroatoms. The molecule has 2 N–H and O–H groups in total. The molecule has 37 heavy (non-hydrogen) atoms. The summed E-state index contributed by atoms with van der Waals surface area (Å²) in [5, 5.41) is 25.0. The molecule has 1 aliphatic rings. The average Bonchev–Trinajstić information content (AvgIpc) is 3.37. The molecule has 4 aromatic rings. The second-order valence-corrected chi connectivity index (χ2v) is 8.97. The van der Waals surface area contributed by atoms with Gasteiger partial charge in [0.05, 0.1) is 0 Å². The topological polar surface area (TPSA) is 58.9 Å². The first-order valence-electron chi connectivity index (χ1n) is 11.9. The van der Waals surface area contributed by atoms with Crippen LogP contribution in [0.3, 0.4) is 0 Å². The maximum absolute atomic E-state index is 12.5. The van der Waals surface area contributed by atoms with Gasteiger partial charge in [-0.25, -0.2) is 0 Å². The minimum atomic E-state index is -2.50. The van der Waals surface area contributed by atoms with Crippen molar-refractivity contribution in [3.63, 3.8) is 0 Å². The first-order valence-corrected chi connectivity index (χ1v) is 13.1. The third-order valence-electron chi connectivity index (χ3n) is 6.63. The number of rotatable bonds is 6. The van der Waals surface area contributed by atoms with Crippen LogP contribution in [-0.4, -0.2) is 28.7 Å². The van der Waals surface area contributed by atoms with E-state index in [0.29, 0.717) is 22.3 Å². The minimum absolute atomic E-state index is 0.632. The van der Waals surface area contributed by atoms with E-state index in [1.807, 2.05) is 121 Å². The van der Waals surface area contributed by atoms with E-state index in [4.69, 9.17) is 9.47 Å². The van der Waals surface area contributed by atoms with Gasteiger partial charge < -0.3 is 19.7 Å². The molecule has 0 aromatic heterocycles. The molecule has 1 heterocycles. The fourth-order valence-electron chi connectivity index (χ4n) is 4.98. The molecule has 0 saturated carbocycles. The van der Waals surface area contributed by atoms with E-state index in [9.17, 15) is 16.4 Å². The van der Waals surface area contributed by atoms with Crippen molar-refractivity contribution < 1.29 is 46.1 Å². The molecule has 5 rings (SSSR count). The Morgan fingerprint density at radius 1 is 0.541 bits per heavy atom. The summed E-state index contributed by atoms with van der Waals surface area (Å²) >= 11 is -2.50. The van der Waals surface area contributed by atoms with Gasteiger partial charge >= 0.3 is 26.4 Å². The Balaban J connectivity index is 0.00000102. The van der Waals surface area contributed by atoms with Gasteiger partial charge in [-0.1, -0.05) is 121 Å².